The minimum atomic E-state index is -3.51. The molecule has 7 heteroatoms. The summed E-state index contributed by atoms with van der Waals surface area (Å²) in [5.41, 5.74) is 3.20. The molecule has 0 N–H and O–H groups in total. The quantitative estimate of drug-likeness (QED) is 0.188. The van der Waals surface area contributed by atoms with Crippen LogP contribution in [0.3, 0.4) is 0 Å². The molecule has 2 unspecified atom stereocenters. The van der Waals surface area contributed by atoms with Gasteiger partial charge >= 0.3 is 316 Å². The predicted molar refractivity (Wildman–Crippen MR) is 238 cm³/mol. The van der Waals surface area contributed by atoms with E-state index in [-0.39, 0.29) is 6.69 Å². The second-order valence-corrected chi connectivity index (χ2v) is 61.2. The average Bonchev–Trinajstić information content (AvgIpc) is 3.57. The van der Waals surface area contributed by atoms with Gasteiger partial charge in [-0.15, -0.1) is 0 Å². The minimum absolute atomic E-state index is 0.184. The summed E-state index contributed by atoms with van der Waals surface area (Å²) in [6, 6.07) is 23.9. The average molecular weight is 793 g/mol. The van der Waals surface area contributed by atoms with Gasteiger partial charge in [0.2, 0.25) is 0 Å². The molecule has 0 aromatic heterocycles. The zero-order chi connectivity index (χ0) is 37.3. The first-order valence-corrected chi connectivity index (χ1v) is 43.8. The van der Waals surface area contributed by atoms with Crippen LogP contribution in [0.25, 0.3) is 0 Å². The Labute approximate surface area is 313 Å². The second kappa shape index (κ2) is 13.4. The molecule has 2 aliphatic carbocycles. The van der Waals surface area contributed by atoms with Crippen molar-refractivity contribution >= 4 is 48.4 Å². The van der Waals surface area contributed by atoms with Gasteiger partial charge in [0, 0.05) is 0 Å². The fourth-order valence-corrected chi connectivity index (χ4v) is 59.0. The SMILES string of the molecule is C[Si](C)(C)C1=C[C]([Si](C)(C)C)([Ti]([CH2]c2ccccc2)([CH2]c2ccccc2)[C]2([Si](C)(C)C)C=C([Si](C)(C)C)C=C2[Si](C)(C)C)C([Si](C)(C)C)=C1. The van der Waals surface area contributed by atoms with Crippen LogP contribution in [-0.4, -0.2) is 48.4 Å². The van der Waals surface area contributed by atoms with E-state index in [1.54, 1.807) is 21.5 Å². The van der Waals surface area contributed by atoms with Crippen molar-refractivity contribution in [1.29, 1.82) is 0 Å². The molecular formula is C42H72Si6Ti. The first-order chi connectivity index (χ1) is 22.0. The van der Waals surface area contributed by atoms with Gasteiger partial charge in [0.15, 0.2) is 0 Å². The second-order valence-electron chi connectivity index (χ2n) is 21.8. The van der Waals surface area contributed by atoms with E-state index in [1.165, 1.54) is 9.45 Å². The maximum atomic E-state index is 3.12. The Kier molecular flexibility index (Phi) is 11.2. The summed E-state index contributed by atoms with van der Waals surface area (Å²) < 4.78 is 2.95. The van der Waals surface area contributed by atoms with Crippen LogP contribution in [0.2, 0.25) is 125 Å². The molecule has 0 saturated carbocycles. The van der Waals surface area contributed by atoms with Gasteiger partial charge in [-0.2, -0.15) is 0 Å². The topological polar surface area (TPSA) is 0 Å². The fourth-order valence-electron chi connectivity index (χ4n) is 10.0. The summed E-state index contributed by atoms with van der Waals surface area (Å²) >= 11 is -3.51. The Balaban J connectivity index is 2.47. The van der Waals surface area contributed by atoms with Gasteiger partial charge in [0.05, 0.1) is 0 Å². The molecule has 0 heterocycles. The first-order valence-electron chi connectivity index (χ1n) is 19.0. The van der Waals surface area contributed by atoms with E-state index >= 15 is 0 Å². The van der Waals surface area contributed by atoms with Crippen LogP contribution in [0, 0.1) is 0 Å². The van der Waals surface area contributed by atoms with Gasteiger partial charge < -0.3 is 0 Å². The Morgan fingerprint density at radius 3 is 0.918 bits per heavy atom. The van der Waals surface area contributed by atoms with Crippen LogP contribution < -0.4 is 0 Å². The summed E-state index contributed by atoms with van der Waals surface area (Å²) in [6.45, 7) is 48.9. The normalized spacial score (nSPS) is 22.9. The number of benzene rings is 2. The molecule has 2 aromatic carbocycles. The van der Waals surface area contributed by atoms with Gasteiger partial charge in [-0.3, -0.25) is 0 Å². The number of rotatable bonds is 12. The Morgan fingerprint density at radius 1 is 0.408 bits per heavy atom. The van der Waals surface area contributed by atoms with Gasteiger partial charge in [0.1, 0.15) is 0 Å². The summed E-state index contributed by atoms with van der Waals surface area (Å²) in [7, 11) is -10.8. The predicted octanol–water partition coefficient (Wildman–Crippen LogP) is 13.9. The summed E-state index contributed by atoms with van der Waals surface area (Å²) in [5, 5.41) is 7.43. The van der Waals surface area contributed by atoms with E-state index in [4.69, 9.17) is 0 Å². The van der Waals surface area contributed by atoms with Crippen LogP contribution in [0.5, 0.6) is 0 Å². The van der Waals surface area contributed by atoms with Crippen molar-refractivity contribution in [2.24, 2.45) is 0 Å². The van der Waals surface area contributed by atoms with Gasteiger partial charge in [0.25, 0.3) is 0 Å². The van der Waals surface area contributed by atoms with E-state index in [2.05, 4.69) is 203 Å². The van der Waals surface area contributed by atoms with Crippen LogP contribution in [0.1, 0.15) is 11.1 Å². The van der Waals surface area contributed by atoms with E-state index in [0.29, 0.717) is 0 Å². The van der Waals surface area contributed by atoms with Gasteiger partial charge in [-0.25, -0.2) is 0 Å². The summed E-state index contributed by atoms with van der Waals surface area (Å²) in [4.78, 5) is 0. The zero-order valence-electron chi connectivity index (χ0n) is 35.0. The third kappa shape index (κ3) is 7.34. The van der Waals surface area contributed by atoms with Crippen molar-refractivity contribution in [1.82, 2.24) is 0 Å². The molecule has 0 nitrogen and oxygen atoms in total. The van der Waals surface area contributed by atoms with Crippen LogP contribution in [0.15, 0.2) is 106 Å². The number of allylic oxidation sites excluding steroid dienone is 8. The number of hydrogen-bond donors (Lipinski definition) is 0. The van der Waals surface area contributed by atoms with E-state index in [9.17, 15) is 0 Å². The Hall–Kier alpha value is -0.584. The van der Waals surface area contributed by atoms with Crippen molar-refractivity contribution in [2.45, 2.75) is 134 Å². The van der Waals surface area contributed by atoms with Crippen molar-refractivity contribution in [3.8, 4) is 0 Å². The zero-order valence-corrected chi connectivity index (χ0v) is 42.6. The molecule has 0 fully saturated rings. The molecule has 0 spiro atoms. The molecule has 2 aromatic rings. The van der Waals surface area contributed by atoms with Gasteiger partial charge in [-0.1, -0.05) is 0 Å². The molecule has 49 heavy (non-hydrogen) atoms. The molecule has 4 rings (SSSR count). The van der Waals surface area contributed by atoms with Crippen molar-refractivity contribution in [3.05, 3.63) is 117 Å². The number of hydrogen-bond acceptors (Lipinski definition) is 0. The standard InChI is InChI=1S/2C14H29Si3.2C7H7.Ti/c2*1-15(2,3)12-10-13(16(4,5)6)14(11-12)17(7,8)9;2*1-7-5-3-2-4-6-7;/h2*10-11H,1-9H3;2*2-6H,1H2;. The maximum absolute atomic E-state index is 3.51. The summed E-state index contributed by atoms with van der Waals surface area (Å²) in [6.07, 6.45) is 12.0. The molecule has 0 aliphatic heterocycles. The fraction of sp³-hybridized carbons (Fsp3) is 0.524. The summed E-state index contributed by atoms with van der Waals surface area (Å²) in [5.74, 6) is 0. The van der Waals surface area contributed by atoms with Crippen molar-refractivity contribution < 1.29 is 16.6 Å². The molecule has 0 amide bonds. The van der Waals surface area contributed by atoms with Crippen molar-refractivity contribution in [3.63, 3.8) is 0 Å². The first kappa shape index (κ1) is 41.2. The molecule has 268 valence electrons. The van der Waals surface area contributed by atoms with Crippen LogP contribution >= 0.6 is 0 Å². The monoisotopic (exact) mass is 792 g/mol. The Morgan fingerprint density at radius 2 is 0.694 bits per heavy atom. The molecule has 0 bridgehead atoms. The van der Waals surface area contributed by atoms with E-state index in [1.807, 2.05) is 10.4 Å². The van der Waals surface area contributed by atoms with Crippen molar-refractivity contribution in [2.75, 3.05) is 0 Å². The van der Waals surface area contributed by atoms with Crippen LogP contribution in [-0.2, 0) is 26.0 Å². The molecule has 2 atom stereocenters. The van der Waals surface area contributed by atoms with Gasteiger partial charge in [-0.05, 0) is 0 Å². The molecule has 2 aliphatic rings. The van der Waals surface area contributed by atoms with E-state index in [0.717, 1.165) is 0 Å². The molecular weight excluding hydrogens is 721 g/mol. The van der Waals surface area contributed by atoms with E-state index < -0.39 is 65.0 Å². The van der Waals surface area contributed by atoms with Crippen LogP contribution in [0.4, 0.5) is 0 Å². The molecule has 0 radical (unpaired) electrons. The third-order valence-electron chi connectivity index (χ3n) is 12.1. The third-order valence-corrected chi connectivity index (χ3v) is 47.4. The Bertz CT molecular complexity index is 1520. The molecule has 0 saturated heterocycles.